The second-order valence-corrected chi connectivity index (χ2v) is 5.08. The molecule has 0 radical (unpaired) electrons. The summed E-state index contributed by atoms with van der Waals surface area (Å²) < 4.78 is 5.75. The Morgan fingerprint density at radius 3 is 1.52 bits per heavy atom. The number of aliphatic hydroxyl groups excluding tert-OH is 2. The number of ether oxygens (including phenoxy) is 1. The van der Waals surface area contributed by atoms with Gasteiger partial charge in [-0.1, -0.05) is 48.5 Å². The fourth-order valence-electron chi connectivity index (χ4n) is 2.29. The standard InChI is InChI=1S/C18H22O3/c19-9-7-15-3-1-5-17(11-15)13-21-14-18-6-2-4-16(12-18)8-10-20/h1-6,11-12,19-20H,7-10,13-14H2. The zero-order chi connectivity index (χ0) is 14.9. The lowest BCUT2D eigenvalue weighted by molar-refractivity contribution is 0.107. The molecule has 3 nitrogen and oxygen atoms in total. The summed E-state index contributed by atoms with van der Waals surface area (Å²) in [5.41, 5.74) is 4.49. The summed E-state index contributed by atoms with van der Waals surface area (Å²) in [6.45, 7) is 1.46. The van der Waals surface area contributed by atoms with Crippen molar-refractivity contribution in [2.24, 2.45) is 0 Å². The Morgan fingerprint density at radius 2 is 1.10 bits per heavy atom. The molecular weight excluding hydrogens is 264 g/mol. The Kier molecular flexibility index (Phi) is 6.41. The topological polar surface area (TPSA) is 49.7 Å². The highest BCUT2D eigenvalue weighted by Gasteiger charge is 1.99. The number of benzene rings is 2. The van der Waals surface area contributed by atoms with Gasteiger partial charge >= 0.3 is 0 Å². The van der Waals surface area contributed by atoms with Crippen molar-refractivity contribution in [2.45, 2.75) is 26.1 Å². The molecule has 112 valence electrons. The minimum Gasteiger partial charge on any atom is -0.396 e. The molecule has 0 unspecified atom stereocenters. The van der Waals surface area contributed by atoms with Gasteiger partial charge in [-0.05, 0) is 35.1 Å². The van der Waals surface area contributed by atoms with Gasteiger partial charge in [0.05, 0.1) is 13.2 Å². The van der Waals surface area contributed by atoms with Gasteiger partial charge in [-0.25, -0.2) is 0 Å². The van der Waals surface area contributed by atoms with E-state index in [9.17, 15) is 0 Å². The SMILES string of the molecule is OCCc1cccc(COCc2cccc(CCO)c2)c1. The first-order valence-electron chi connectivity index (χ1n) is 7.27. The summed E-state index contributed by atoms with van der Waals surface area (Å²) in [4.78, 5) is 0. The molecule has 0 aliphatic carbocycles. The second-order valence-electron chi connectivity index (χ2n) is 5.08. The Labute approximate surface area is 125 Å². The second kappa shape index (κ2) is 8.57. The average molecular weight is 286 g/mol. The molecule has 0 spiro atoms. The summed E-state index contributed by atoms with van der Waals surface area (Å²) in [5.74, 6) is 0. The molecule has 0 saturated carbocycles. The molecule has 0 atom stereocenters. The van der Waals surface area contributed by atoms with Crippen molar-refractivity contribution in [2.75, 3.05) is 13.2 Å². The van der Waals surface area contributed by atoms with Gasteiger partial charge in [0, 0.05) is 13.2 Å². The molecule has 0 saturated heterocycles. The quantitative estimate of drug-likeness (QED) is 0.784. The highest BCUT2D eigenvalue weighted by Crippen LogP contribution is 2.11. The van der Waals surface area contributed by atoms with E-state index in [1.807, 2.05) is 36.4 Å². The number of aliphatic hydroxyl groups is 2. The average Bonchev–Trinajstić information content (AvgIpc) is 2.49. The molecular formula is C18H22O3. The van der Waals surface area contributed by atoms with Crippen molar-refractivity contribution in [3.05, 3.63) is 70.8 Å². The van der Waals surface area contributed by atoms with Crippen LogP contribution in [-0.4, -0.2) is 23.4 Å². The normalized spacial score (nSPS) is 10.8. The van der Waals surface area contributed by atoms with Crippen LogP contribution in [0.2, 0.25) is 0 Å². The van der Waals surface area contributed by atoms with Crippen LogP contribution in [0.15, 0.2) is 48.5 Å². The van der Waals surface area contributed by atoms with Crippen molar-refractivity contribution >= 4 is 0 Å². The minimum absolute atomic E-state index is 0.169. The van der Waals surface area contributed by atoms with Crippen LogP contribution >= 0.6 is 0 Å². The molecule has 2 rings (SSSR count). The molecule has 0 aliphatic heterocycles. The zero-order valence-electron chi connectivity index (χ0n) is 12.2. The summed E-state index contributed by atoms with van der Waals surface area (Å²) >= 11 is 0. The molecule has 0 amide bonds. The summed E-state index contributed by atoms with van der Waals surface area (Å²) in [5, 5.41) is 17.9. The van der Waals surface area contributed by atoms with E-state index in [0.29, 0.717) is 26.1 Å². The van der Waals surface area contributed by atoms with Gasteiger partial charge in [0.1, 0.15) is 0 Å². The maximum Gasteiger partial charge on any atom is 0.0721 e. The monoisotopic (exact) mass is 286 g/mol. The van der Waals surface area contributed by atoms with E-state index in [0.717, 1.165) is 22.3 Å². The summed E-state index contributed by atoms with van der Waals surface area (Å²) in [6, 6.07) is 16.2. The van der Waals surface area contributed by atoms with Gasteiger partial charge in [-0.15, -0.1) is 0 Å². The maximum atomic E-state index is 8.96. The molecule has 0 fully saturated rings. The summed E-state index contributed by atoms with van der Waals surface area (Å²) in [6.07, 6.45) is 1.36. The van der Waals surface area contributed by atoms with Crippen molar-refractivity contribution in [1.82, 2.24) is 0 Å². The number of hydrogen-bond donors (Lipinski definition) is 2. The first-order valence-corrected chi connectivity index (χ1v) is 7.27. The van der Waals surface area contributed by atoms with Crippen LogP contribution in [-0.2, 0) is 30.8 Å². The van der Waals surface area contributed by atoms with E-state index in [1.165, 1.54) is 0 Å². The Morgan fingerprint density at radius 1 is 0.667 bits per heavy atom. The highest BCUT2D eigenvalue weighted by atomic mass is 16.5. The molecule has 3 heteroatoms. The van der Waals surface area contributed by atoms with Crippen LogP contribution in [0.5, 0.6) is 0 Å². The fourth-order valence-corrected chi connectivity index (χ4v) is 2.29. The third kappa shape index (κ3) is 5.31. The van der Waals surface area contributed by atoms with Crippen LogP contribution < -0.4 is 0 Å². The Hall–Kier alpha value is -1.68. The van der Waals surface area contributed by atoms with Crippen LogP contribution in [0.25, 0.3) is 0 Å². The van der Waals surface area contributed by atoms with Gasteiger partial charge in [0.15, 0.2) is 0 Å². The van der Waals surface area contributed by atoms with Crippen LogP contribution in [0.3, 0.4) is 0 Å². The van der Waals surface area contributed by atoms with Crippen molar-refractivity contribution in [3.63, 3.8) is 0 Å². The van der Waals surface area contributed by atoms with Crippen LogP contribution in [0, 0.1) is 0 Å². The zero-order valence-corrected chi connectivity index (χ0v) is 12.2. The third-order valence-electron chi connectivity index (χ3n) is 3.32. The van der Waals surface area contributed by atoms with Crippen molar-refractivity contribution < 1.29 is 14.9 Å². The third-order valence-corrected chi connectivity index (χ3v) is 3.32. The molecule has 0 aromatic heterocycles. The first-order chi connectivity index (χ1) is 10.3. The van der Waals surface area contributed by atoms with E-state index < -0.39 is 0 Å². The van der Waals surface area contributed by atoms with Gasteiger partial charge in [0.25, 0.3) is 0 Å². The van der Waals surface area contributed by atoms with Gasteiger partial charge in [0.2, 0.25) is 0 Å². The van der Waals surface area contributed by atoms with E-state index in [4.69, 9.17) is 14.9 Å². The highest BCUT2D eigenvalue weighted by molar-refractivity contribution is 5.24. The predicted octanol–water partition coefficient (Wildman–Crippen LogP) is 2.47. The minimum atomic E-state index is 0.169. The molecule has 0 heterocycles. The van der Waals surface area contributed by atoms with Crippen molar-refractivity contribution in [3.8, 4) is 0 Å². The first kappa shape index (κ1) is 15.7. The van der Waals surface area contributed by atoms with E-state index in [1.54, 1.807) is 0 Å². The molecule has 2 N–H and O–H groups in total. The smallest absolute Gasteiger partial charge is 0.0721 e. The Balaban J connectivity index is 1.86. The predicted molar refractivity (Wildman–Crippen MR) is 83.0 cm³/mol. The van der Waals surface area contributed by atoms with Gasteiger partial charge in [-0.2, -0.15) is 0 Å². The van der Waals surface area contributed by atoms with E-state index in [-0.39, 0.29) is 13.2 Å². The molecule has 2 aromatic carbocycles. The molecule has 0 bridgehead atoms. The van der Waals surface area contributed by atoms with E-state index in [2.05, 4.69) is 12.1 Å². The van der Waals surface area contributed by atoms with E-state index >= 15 is 0 Å². The lowest BCUT2D eigenvalue weighted by atomic mass is 10.1. The van der Waals surface area contributed by atoms with Gasteiger partial charge in [-0.3, -0.25) is 0 Å². The van der Waals surface area contributed by atoms with Crippen molar-refractivity contribution in [1.29, 1.82) is 0 Å². The van der Waals surface area contributed by atoms with Crippen LogP contribution in [0.4, 0.5) is 0 Å². The van der Waals surface area contributed by atoms with Crippen LogP contribution in [0.1, 0.15) is 22.3 Å². The number of rotatable bonds is 8. The largest absolute Gasteiger partial charge is 0.396 e. The maximum absolute atomic E-state index is 8.96. The van der Waals surface area contributed by atoms with Gasteiger partial charge < -0.3 is 14.9 Å². The lowest BCUT2D eigenvalue weighted by Crippen LogP contribution is -1.98. The Bertz CT molecular complexity index is 502. The fraction of sp³-hybridized carbons (Fsp3) is 0.333. The number of hydrogen-bond acceptors (Lipinski definition) is 3. The molecule has 21 heavy (non-hydrogen) atoms. The molecule has 2 aromatic rings. The lowest BCUT2D eigenvalue weighted by Gasteiger charge is -2.07. The molecule has 0 aliphatic rings. The summed E-state index contributed by atoms with van der Waals surface area (Å²) in [7, 11) is 0.